The Balaban J connectivity index is 1.93. The fraction of sp³-hybridized carbons (Fsp3) is 0.188. The average molecular weight is 306 g/mol. The first-order chi connectivity index (χ1) is 10.1. The molecule has 1 amide bonds. The van der Waals surface area contributed by atoms with Crippen molar-refractivity contribution < 1.29 is 14.3 Å². The summed E-state index contributed by atoms with van der Waals surface area (Å²) in [6.07, 6.45) is -0.617. The Morgan fingerprint density at radius 3 is 2.19 bits per heavy atom. The summed E-state index contributed by atoms with van der Waals surface area (Å²) < 4.78 is 10.6. The smallest absolute Gasteiger partial charge is 0.265 e. The van der Waals surface area contributed by atoms with Gasteiger partial charge in [0.2, 0.25) is 0 Å². The third kappa shape index (κ3) is 4.39. The van der Waals surface area contributed by atoms with E-state index in [1.54, 1.807) is 62.6 Å². The van der Waals surface area contributed by atoms with Gasteiger partial charge < -0.3 is 14.8 Å². The zero-order chi connectivity index (χ0) is 15.2. The van der Waals surface area contributed by atoms with Crippen molar-refractivity contribution in [3.8, 4) is 11.5 Å². The molecule has 0 aliphatic rings. The molecule has 0 aromatic heterocycles. The van der Waals surface area contributed by atoms with Crippen molar-refractivity contribution in [2.24, 2.45) is 0 Å². The summed E-state index contributed by atoms with van der Waals surface area (Å²) in [7, 11) is 1.60. The van der Waals surface area contributed by atoms with Crippen molar-refractivity contribution in [1.29, 1.82) is 0 Å². The molecule has 0 unspecified atom stereocenters. The number of carbonyl (C=O) groups is 1. The number of anilines is 1. The Kier molecular flexibility index (Phi) is 5.06. The number of halogens is 1. The molecule has 0 saturated carbocycles. The maximum Gasteiger partial charge on any atom is 0.265 e. The predicted octanol–water partition coefficient (Wildman–Crippen LogP) is 3.75. The number of hydrogen-bond acceptors (Lipinski definition) is 3. The zero-order valence-electron chi connectivity index (χ0n) is 11.8. The third-order valence-corrected chi connectivity index (χ3v) is 3.11. The Hall–Kier alpha value is -2.20. The minimum Gasteiger partial charge on any atom is -0.497 e. The van der Waals surface area contributed by atoms with Crippen LogP contribution >= 0.6 is 11.6 Å². The van der Waals surface area contributed by atoms with E-state index in [2.05, 4.69) is 5.32 Å². The summed E-state index contributed by atoms with van der Waals surface area (Å²) in [6, 6.07) is 14.0. The third-order valence-electron chi connectivity index (χ3n) is 2.85. The van der Waals surface area contributed by atoms with Crippen LogP contribution in [0.25, 0.3) is 0 Å². The maximum absolute atomic E-state index is 12.0. The number of carbonyl (C=O) groups excluding carboxylic acids is 1. The van der Waals surface area contributed by atoms with Crippen LogP contribution < -0.4 is 14.8 Å². The van der Waals surface area contributed by atoms with Crippen LogP contribution in [0, 0.1) is 0 Å². The van der Waals surface area contributed by atoms with Gasteiger partial charge in [-0.05, 0) is 55.5 Å². The normalized spacial score (nSPS) is 11.6. The van der Waals surface area contributed by atoms with Gasteiger partial charge in [0.05, 0.1) is 7.11 Å². The first kappa shape index (κ1) is 15.2. The van der Waals surface area contributed by atoms with E-state index in [0.29, 0.717) is 16.5 Å². The monoisotopic (exact) mass is 305 g/mol. The summed E-state index contributed by atoms with van der Waals surface area (Å²) in [5.41, 5.74) is 0.676. The van der Waals surface area contributed by atoms with Gasteiger partial charge in [0.25, 0.3) is 5.91 Å². The molecule has 5 heteroatoms. The van der Waals surface area contributed by atoms with Gasteiger partial charge in [-0.3, -0.25) is 4.79 Å². The van der Waals surface area contributed by atoms with Crippen molar-refractivity contribution in [3.05, 3.63) is 53.6 Å². The zero-order valence-corrected chi connectivity index (χ0v) is 12.6. The Morgan fingerprint density at radius 2 is 1.62 bits per heavy atom. The average Bonchev–Trinajstić information content (AvgIpc) is 2.50. The van der Waals surface area contributed by atoms with Crippen molar-refractivity contribution in [3.63, 3.8) is 0 Å². The number of rotatable bonds is 5. The van der Waals surface area contributed by atoms with E-state index < -0.39 is 6.10 Å². The van der Waals surface area contributed by atoms with E-state index in [-0.39, 0.29) is 5.91 Å². The summed E-state index contributed by atoms with van der Waals surface area (Å²) >= 11 is 5.80. The molecular formula is C16H16ClNO3. The van der Waals surface area contributed by atoms with Gasteiger partial charge in [-0.25, -0.2) is 0 Å². The SMILES string of the molecule is COc1ccc(O[C@H](C)C(=O)Nc2ccc(Cl)cc2)cc1. The minimum absolute atomic E-state index is 0.229. The fourth-order valence-corrected chi connectivity index (χ4v) is 1.82. The summed E-state index contributed by atoms with van der Waals surface area (Å²) in [6.45, 7) is 1.69. The van der Waals surface area contributed by atoms with Crippen LogP contribution in [0.1, 0.15) is 6.92 Å². The highest BCUT2D eigenvalue weighted by Crippen LogP contribution is 2.19. The molecule has 21 heavy (non-hydrogen) atoms. The van der Waals surface area contributed by atoms with E-state index in [1.165, 1.54) is 0 Å². The van der Waals surface area contributed by atoms with Crippen molar-refractivity contribution in [1.82, 2.24) is 0 Å². The minimum atomic E-state index is -0.617. The maximum atomic E-state index is 12.0. The molecule has 2 aromatic rings. The number of hydrogen-bond donors (Lipinski definition) is 1. The number of ether oxygens (including phenoxy) is 2. The molecule has 1 atom stereocenters. The van der Waals surface area contributed by atoms with E-state index in [1.807, 2.05) is 0 Å². The molecule has 4 nitrogen and oxygen atoms in total. The van der Waals surface area contributed by atoms with Crippen LogP contribution in [0.4, 0.5) is 5.69 Å². The highest BCUT2D eigenvalue weighted by molar-refractivity contribution is 6.30. The van der Waals surface area contributed by atoms with Gasteiger partial charge in [-0.2, -0.15) is 0 Å². The molecule has 2 aromatic carbocycles. The van der Waals surface area contributed by atoms with Crippen molar-refractivity contribution in [2.75, 3.05) is 12.4 Å². The van der Waals surface area contributed by atoms with Crippen LogP contribution in [-0.2, 0) is 4.79 Å². The summed E-state index contributed by atoms with van der Waals surface area (Å²) in [4.78, 5) is 12.0. The molecule has 1 N–H and O–H groups in total. The van der Waals surface area contributed by atoms with Crippen LogP contribution in [0.5, 0.6) is 11.5 Å². The molecule has 0 saturated heterocycles. The van der Waals surface area contributed by atoms with Crippen LogP contribution in [-0.4, -0.2) is 19.1 Å². The Bertz CT molecular complexity index is 596. The van der Waals surface area contributed by atoms with Gasteiger partial charge in [0.15, 0.2) is 6.10 Å². The number of amides is 1. The molecule has 0 fully saturated rings. The summed E-state index contributed by atoms with van der Waals surface area (Å²) in [5.74, 6) is 1.11. The standard InChI is InChI=1S/C16H16ClNO3/c1-11(21-15-9-7-14(20-2)8-10-15)16(19)18-13-5-3-12(17)4-6-13/h3-11H,1-2H3,(H,18,19)/t11-/m1/s1. The van der Waals surface area contributed by atoms with Crippen LogP contribution in [0.15, 0.2) is 48.5 Å². The Labute approximate surface area is 128 Å². The fourth-order valence-electron chi connectivity index (χ4n) is 1.69. The molecule has 110 valence electrons. The molecule has 0 aliphatic heterocycles. The quantitative estimate of drug-likeness (QED) is 0.915. The second kappa shape index (κ2) is 6.99. The number of benzene rings is 2. The summed E-state index contributed by atoms with van der Waals surface area (Å²) in [5, 5.41) is 3.39. The highest BCUT2D eigenvalue weighted by atomic mass is 35.5. The second-order valence-corrected chi connectivity index (χ2v) is 4.87. The Morgan fingerprint density at radius 1 is 1.05 bits per heavy atom. The van der Waals surface area contributed by atoms with Crippen LogP contribution in [0.3, 0.4) is 0 Å². The van der Waals surface area contributed by atoms with Crippen molar-refractivity contribution in [2.45, 2.75) is 13.0 Å². The first-order valence-electron chi connectivity index (χ1n) is 6.45. The van der Waals surface area contributed by atoms with E-state index in [0.717, 1.165) is 5.75 Å². The van der Waals surface area contributed by atoms with E-state index >= 15 is 0 Å². The van der Waals surface area contributed by atoms with Crippen LogP contribution in [0.2, 0.25) is 5.02 Å². The lowest BCUT2D eigenvalue weighted by Gasteiger charge is -2.15. The molecular weight excluding hydrogens is 290 g/mol. The molecule has 2 rings (SSSR count). The van der Waals surface area contributed by atoms with Crippen molar-refractivity contribution >= 4 is 23.2 Å². The molecule has 0 spiro atoms. The molecule has 0 bridgehead atoms. The van der Waals surface area contributed by atoms with Gasteiger partial charge >= 0.3 is 0 Å². The van der Waals surface area contributed by atoms with Gasteiger partial charge in [-0.1, -0.05) is 11.6 Å². The van der Waals surface area contributed by atoms with E-state index in [9.17, 15) is 4.79 Å². The van der Waals surface area contributed by atoms with Gasteiger partial charge in [0.1, 0.15) is 11.5 Å². The lowest BCUT2D eigenvalue weighted by molar-refractivity contribution is -0.122. The van der Waals surface area contributed by atoms with Gasteiger partial charge in [-0.15, -0.1) is 0 Å². The number of nitrogens with one attached hydrogen (secondary N) is 1. The van der Waals surface area contributed by atoms with Gasteiger partial charge in [0, 0.05) is 10.7 Å². The lowest BCUT2D eigenvalue weighted by Crippen LogP contribution is -2.30. The molecule has 0 aliphatic carbocycles. The van der Waals surface area contributed by atoms with E-state index in [4.69, 9.17) is 21.1 Å². The largest absolute Gasteiger partial charge is 0.497 e. The number of methoxy groups -OCH3 is 1. The molecule has 0 heterocycles. The topological polar surface area (TPSA) is 47.6 Å². The highest BCUT2D eigenvalue weighted by Gasteiger charge is 2.14. The lowest BCUT2D eigenvalue weighted by atomic mass is 10.3. The predicted molar refractivity (Wildman–Crippen MR) is 83.2 cm³/mol. The first-order valence-corrected chi connectivity index (χ1v) is 6.83. The molecule has 0 radical (unpaired) electrons. The second-order valence-electron chi connectivity index (χ2n) is 4.43.